The quantitative estimate of drug-likeness (QED) is 0.546. The topological polar surface area (TPSA) is 86.8 Å². The highest BCUT2D eigenvalue weighted by molar-refractivity contribution is 7.92. The molecule has 33 heavy (non-hydrogen) atoms. The summed E-state index contributed by atoms with van der Waals surface area (Å²) in [7, 11) is -3.82. The number of carbonyl (C=O) groups is 2. The van der Waals surface area contributed by atoms with Crippen molar-refractivity contribution in [2.24, 2.45) is 0 Å². The van der Waals surface area contributed by atoms with Gasteiger partial charge in [-0.2, -0.15) is 0 Å². The van der Waals surface area contributed by atoms with E-state index in [1.165, 1.54) is 4.90 Å². The Morgan fingerprint density at radius 2 is 1.67 bits per heavy atom. The maximum Gasteiger partial charge on any atom is 0.244 e. The van der Waals surface area contributed by atoms with Gasteiger partial charge in [0.1, 0.15) is 12.6 Å². The van der Waals surface area contributed by atoms with Crippen LogP contribution in [0.15, 0.2) is 48.5 Å². The van der Waals surface area contributed by atoms with Crippen molar-refractivity contribution >= 4 is 39.1 Å². The summed E-state index contributed by atoms with van der Waals surface area (Å²) < 4.78 is 26.1. The van der Waals surface area contributed by atoms with E-state index in [-0.39, 0.29) is 29.2 Å². The Kier molecular flexibility index (Phi) is 9.31. The minimum atomic E-state index is -3.82. The fourth-order valence-corrected chi connectivity index (χ4v) is 4.34. The molecule has 2 aromatic carbocycles. The number of benzene rings is 2. The van der Waals surface area contributed by atoms with E-state index in [1.54, 1.807) is 31.2 Å². The van der Waals surface area contributed by atoms with Gasteiger partial charge in [-0.15, -0.1) is 0 Å². The van der Waals surface area contributed by atoms with E-state index in [4.69, 9.17) is 11.6 Å². The van der Waals surface area contributed by atoms with Gasteiger partial charge in [-0.25, -0.2) is 8.42 Å². The lowest BCUT2D eigenvalue weighted by Crippen LogP contribution is -2.52. The monoisotopic (exact) mass is 493 g/mol. The summed E-state index contributed by atoms with van der Waals surface area (Å²) in [5, 5.41) is 3.11. The minimum Gasteiger partial charge on any atom is -0.352 e. The van der Waals surface area contributed by atoms with Crippen LogP contribution in [0, 0.1) is 6.92 Å². The summed E-state index contributed by atoms with van der Waals surface area (Å²) in [6, 6.07) is 13.2. The number of hydrogen-bond acceptors (Lipinski definition) is 4. The van der Waals surface area contributed by atoms with Crippen LogP contribution in [0.3, 0.4) is 0 Å². The van der Waals surface area contributed by atoms with Crippen molar-refractivity contribution in [3.8, 4) is 0 Å². The predicted octanol–water partition coefficient (Wildman–Crippen LogP) is 3.75. The van der Waals surface area contributed by atoms with Gasteiger partial charge in [0.25, 0.3) is 0 Å². The first-order valence-corrected chi connectivity index (χ1v) is 13.0. The number of hydrogen-bond donors (Lipinski definition) is 1. The molecule has 0 unspecified atom stereocenters. The molecule has 0 saturated heterocycles. The Morgan fingerprint density at radius 3 is 2.21 bits per heavy atom. The molecular formula is C24H32ClN3O4S. The molecule has 0 aliphatic rings. The molecule has 2 aromatic rings. The van der Waals surface area contributed by atoms with E-state index in [0.29, 0.717) is 0 Å². The highest BCUT2D eigenvalue weighted by atomic mass is 35.5. The van der Waals surface area contributed by atoms with Crippen molar-refractivity contribution < 1.29 is 18.0 Å². The molecule has 0 spiro atoms. The summed E-state index contributed by atoms with van der Waals surface area (Å²) in [5.41, 5.74) is 2.11. The first-order chi connectivity index (χ1) is 15.4. The zero-order chi connectivity index (χ0) is 24.8. The molecule has 0 heterocycles. The van der Waals surface area contributed by atoms with Gasteiger partial charge in [0.2, 0.25) is 21.8 Å². The second-order valence-electron chi connectivity index (χ2n) is 8.22. The molecule has 0 aliphatic carbocycles. The zero-order valence-corrected chi connectivity index (χ0v) is 21.3. The van der Waals surface area contributed by atoms with Gasteiger partial charge in [0.05, 0.1) is 17.0 Å². The lowest BCUT2D eigenvalue weighted by molar-refractivity contribution is -0.139. The van der Waals surface area contributed by atoms with Gasteiger partial charge in [0, 0.05) is 12.6 Å². The molecule has 0 aromatic heterocycles. The second kappa shape index (κ2) is 11.5. The molecular weight excluding hydrogens is 462 g/mol. The average molecular weight is 494 g/mol. The van der Waals surface area contributed by atoms with Crippen molar-refractivity contribution in [1.29, 1.82) is 0 Å². The number of rotatable bonds is 10. The van der Waals surface area contributed by atoms with E-state index in [9.17, 15) is 18.0 Å². The van der Waals surface area contributed by atoms with Gasteiger partial charge >= 0.3 is 0 Å². The number of anilines is 1. The fraction of sp³-hybridized carbons (Fsp3) is 0.417. The number of sulfonamides is 1. The molecule has 0 aliphatic heterocycles. The molecule has 1 N–H and O–H groups in total. The predicted molar refractivity (Wildman–Crippen MR) is 133 cm³/mol. The van der Waals surface area contributed by atoms with E-state index in [1.807, 2.05) is 45.0 Å². The lowest BCUT2D eigenvalue weighted by Gasteiger charge is -2.32. The van der Waals surface area contributed by atoms with E-state index in [2.05, 4.69) is 5.32 Å². The van der Waals surface area contributed by atoms with Crippen molar-refractivity contribution in [1.82, 2.24) is 10.2 Å². The number of halogens is 1. The third-order valence-corrected chi connectivity index (χ3v) is 6.89. The van der Waals surface area contributed by atoms with Gasteiger partial charge in [-0.1, -0.05) is 60.5 Å². The molecule has 0 fully saturated rings. The lowest BCUT2D eigenvalue weighted by atomic mass is 10.1. The zero-order valence-electron chi connectivity index (χ0n) is 19.7. The van der Waals surface area contributed by atoms with Crippen LogP contribution in [-0.4, -0.2) is 50.0 Å². The number of aryl methyl sites for hydroxylation is 1. The highest BCUT2D eigenvalue weighted by Gasteiger charge is 2.31. The normalized spacial score (nSPS) is 13.2. The Bertz CT molecular complexity index is 1070. The fourth-order valence-electron chi connectivity index (χ4n) is 3.19. The van der Waals surface area contributed by atoms with Gasteiger partial charge < -0.3 is 10.2 Å². The molecule has 0 bridgehead atoms. The molecule has 2 amide bonds. The van der Waals surface area contributed by atoms with Crippen LogP contribution in [0.25, 0.3) is 0 Å². The number of nitrogens with zero attached hydrogens (tertiary/aromatic N) is 2. The highest BCUT2D eigenvalue weighted by Crippen LogP contribution is 2.27. The third kappa shape index (κ3) is 7.47. The van der Waals surface area contributed by atoms with Crippen LogP contribution in [0.4, 0.5) is 5.69 Å². The Hall–Kier alpha value is -2.58. The van der Waals surface area contributed by atoms with E-state index < -0.39 is 28.5 Å². The Balaban J connectivity index is 2.39. The molecule has 2 rings (SSSR count). The smallest absolute Gasteiger partial charge is 0.244 e. The number of amides is 2. The van der Waals surface area contributed by atoms with E-state index in [0.717, 1.165) is 28.1 Å². The third-order valence-electron chi connectivity index (χ3n) is 5.44. The van der Waals surface area contributed by atoms with E-state index >= 15 is 0 Å². The summed E-state index contributed by atoms with van der Waals surface area (Å²) in [5.74, 6) is -0.804. The standard InChI is InChI=1S/C24H32ClN3O4S/c1-6-18(3)26-24(30)19(4)27(15-20-13-11-17(2)12-14-20)23(29)16-28(33(5,31)32)22-10-8-7-9-21(22)25/h7-14,18-19H,6,15-16H2,1-5H3,(H,26,30)/t18-,19+/m1/s1. The Morgan fingerprint density at radius 1 is 1.06 bits per heavy atom. The molecule has 0 radical (unpaired) electrons. The average Bonchev–Trinajstić information content (AvgIpc) is 2.76. The maximum atomic E-state index is 13.5. The van der Waals surface area contributed by atoms with Crippen LogP contribution in [-0.2, 0) is 26.2 Å². The van der Waals surface area contributed by atoms with Crippen LogP contribution < -0.4 is 9.62 Å². The van der Waals surface area contributed by atoms with Crippen molar-refractivity contribution in [3.05, 3.63) is 64.7 Å². The Labute approximate surface area is 201 Å². The van der Waals surface area contributed by atoms with Crippen LogP contribution in [0.1, 0.15) is 38.3 Å². The molecule has 180 valence electrons. The SMILES string of the molecule is CC[C@@H](C)NC(=O)[C@H](C)N(Cc1ccc(C)cc1)C(=O)CN(c1ccccc1Cl)S(C)(=O)=O. The molecule has 7 nitrogen and oxygen atoms in total. The molecule has 9 heteroatoms. The summed E-state index contributed by atoms with van der Waals surface area (Å²) in [6.45, 7) is 7.13. The first kappa shape index (κ1) is 26.7. The van der Waals surface area contributed by atoms with Crippen LogP contribution in [0.5, 0.6) is 0 Å². The number of carbonyl (C=O) groups excluding carboxylic acids is 2. The first-order valence-electron chi connectivity index (χ1n) is 10.8. The molecule has 2 atom stereocenters. The minimum absolute atomic E-state index is 0.0491. The van der Waals surface area contributed by atoms with Crippen LogP contribution >= 0.6 is 11.6 Å². The number of para-hydroxylation sites is 1. The van der Waals surface area contributed by atoms with Gasteiger partial charge in [0.15, 0.2) is 0 Å². The van der Waals surface area contributed by atoms with Gasteiger partial charge in [-0.3, -0.25) is 13.9 Å². The van der Waals surface area contributed by atoms with Crippen molar-refractivity contribution in [2.45, 2.75) is 52.7 Å². The maximum absolute atomic E-state index is 13.5. The van der Waals surface area contributed by atoms with Crippen molar-refractivity contribution in [2.75, 3.05) is 17.1 Å². The largest absolute Gasteiger partial charge is 0.352 e. The van der Waals surface area contributed by atoms with Gasteiger partial charge in [-0.05, 0) is 44.9 Å². The molecule has 0 saturated carbocycles. The summed E-state index contributed by atoms with van der Waals surface area (Å²) in [4.78, 5) is 27.7. The number of nitrogens with one attached hydrogen (secondary N) is 1. The summed E-state index contributed by atoms with van der Waals surface area (Å²) in [6.07, 6.45) is 1.77. The van der Waals surface area contributed by atoms with Crippen molar-refractivity contribution in [3.63, 3.8) is 0 Å². The van der Waals surface area contributed by atoms with Crippen LogP contribution in [0.2, 0.25) is 5.02 Å². The summed E-state index contributed by atoms with van der Waals surface area (Å²) >= 11 is 6.22. The second-order valence-corrected chi connectivity index (χ2v) is 10.5.